The maximum Gasteiger partial charge on any atom is 0.150 e. The first kappa shape index (κ1) is 29.4. The normalized spacial score (nSPS) is 18.7. The number of hydrazine groups is 1. The van der Waals surface area contributed by atoms with E-state index in [-0.39, 0.29) is 11.3 Å². The largest absolute Gasteiger partial charge is 0.401 e. The summed E-state index contributed by atoms with van der Waals surface area (Å²) >= 11 is 0. The van der Waals surface area contributed by atoms with E-state index in [2.05, 4.69) is 45.9 Å². The van der Waals surface area contributed by atoms with Crippen LogP contribution < -0.4 is 16.5 Å². The average molecular weight is 604 g/mol. The molecule has 0 amide bonds. The van der Waals surface area contributed by atoms with Crippen molar-refractivity contribution in [3.63, 3.8) is 0 Å². The van der Waals surface area contributed by atoms with Crippen molar-refractivity contribution in [2.24, 2.45) is 17.5 Å². The number of aromatic nitrogens is 3. The number of allylic oxidation sites excluding steroid dienone is 1. The standard InChI is InChI=1S/C32H41N7O3S/c1-21(33)30(37(2)34)24-19-27-29(35-20-24)26-9-10-28(38-15-11-25(12-16-38)43(3,40)41)36-32(26)39(27)31(22-7-5-4-6-8-22)23-13-17-42-18-14-23/h4-10,19-20,23,25,31H,11-18,33-34H2,1-3H3/b30-21-. The molecule has 11 heteroatoms. The number of nitrogens with zero attached hydrogens (tertiary/aromatic N) is 5. The quantitative estimate of drug-likeness (QED) is 0.237. The Balaban J connectivity index is 1.57. The molecular formula is C32H41N7O3S. The molecule has 10 nitrogen and oxygen atoms in total. The number of hydrogen-bond donors (Lipinski definition) is 2. The van der Waals surface area contributed by atoms with Crippen molar-refractivity contribution in [2.45, 2.75) is 43.9 Å². The van der Waals surface area contributed by atoms with Gasteiger partial charge in [0.25, 0.3) is 0 Å². The van der Waals surface area contributed by atoms with E-state index in [1.807, 2.05) is 25.3 Å². The van der Waals surface area contributed by atoms with Gasteiger partial charge in [0, 0.05) is 62.5 Å². The summed E-state index contributed by atoms with van der Waals surface area (Å²) in [5.74, 6) is 7.41. The third-order valence-electron chi connectivity index (χ3n) is 8.97. The highest BCUT2D eigenvalue weighted by molar-refractivity contribution is 7.91. The summed E-state index contributed by atoms with van der Waals surface area (Å²) in [5, 5.41) is 2.21. The molecule has 1 aromatic carbocycles. The summed E-state index contributed by atoms with van der Waals surface area (Å²) < 4.78 is 32.5. The number of benzene rings is 1. The topological polar surface area (TPSA) is 133 Å². The van der Waals surface area contributed by atoms with E-state index in [0.29, 0.717) is 37.5 Å². The van der Waals surface area contributed by atoms with E-state index in [9.17, 15) is 8.42 Å². The second-order valence-electron chi connectivity index (χ2n) is 12.0. The third kappa shape index (κ3) is 5.69. The summed E-state index contributed by atoms with van der Waals surface area (Å²) in [6.45, 7) is 4.58. The van der Waals surface area contributed by atoms with Crippen LogP contribution in [0, 0.1) is 5.92 Å². The molecule has 43 heavy (non-hydrogen) atoms. The molecule has 3 aromatic heterocycles. The monoisotopic (exact) mass is 603 g/mol. The maximum atomic E-state index is 12.2. The van der Waals surface area contributed by atoms with E-state index in [0.717, 1.165) is 65.2 Å². The van der Waals surface area contributed by atoms with Gasteiger partial charge in [-0.05, 0) is 62.3 Å². The molecular weight excluding hydrogens is 562 g/mol. The summed E-state index contributed by atoms with van der Waals surface area (Å²) in [4.78, 5) is 12.5. The predicted molar refractivity (Wildman–Crippen MR) is 172 cm³/mol. The Labute approximate surface area is 253 Å². The number of piperidine rings is 1. The molecule has 5 heterocycles. The van der Waals surface area contributed by atoms with E-state index in [4.69, 9.17) is 26.3 Å². The van der Waals surface area contributed by atoms with Crippen molar-refractivity contribution in [2.75, 3.05) is 44.5 Å². The highest BCUT2D eigenvalue weighted by Gasteiger charge is 2.32. The molecule has 2 aliphatic heterocycles. The first-order valence-electron chi connectivity index (χ1n) is 15.0. The van der Waals surface area contributed by atoms with Crippen LogP contribution in [0.5, 0.6) is 0 Å². The van der Waals surface area contributed by atoms with Gasteiger partial charge in [0.15, 0.2) is 0 Å². The van der Waals surface area contributed by atoms with Crippen LogP contribution >= 0.6 is 0 Å². The lowest BCUT2D eigenvalue weighted by molar-refractivity contribution is 0.0552. The van der Waals surface area contributed by atoms with E-state index in [1.54, 1.807) is 7.05 Å². The Morgan fingerprint density at radius 3 is 2.40 bits per heavy atom. The van der Waals surface area contributed by atoms with Crippen LogP contribution in [-0.2, 0) is 14.6 Å². The Hall–Kier alpha value is -3.67. The Bertz CT molecular complexity index is 1750. The first-order chi connectivity index (χ1) is 20.6. The van der Waals surface area contributed by atoms with Crippen molar-refractivity contribution >= 4 is 43.4 Å². The van der Waals surface area contributed by atoms with E-state index >= 15 is 0 Å². The number of ether oxygens (including phenoxy) is 1. The average Bonchev–Trinajstić information content (AvgIpc) is 3.30. The van der Waals surface area contributed by atoms with Gasteiger partial charge in [-0.3, -0.25) is 4.98 Å². The number of nitrogens with two attached hydrogens (primary N) is 2. The lowest BCUT2D eigenvalue weighted by atomic mass is 9.86. The van der Waals surface area contributed by atoms with Crippen LogP contribution in [0.15, 0.2) is 60.4 Å². The molecule has 1 unspecified atom stereocenters. The second-order valence-corrected chi connectivity index (χ2v) is 14.3. The van der Waals surface area contributed by atoms with Crippen LogP contribution in [0.3, 0.4) is 0 Å². The minimum Gasteiger partial charge on any atom is -0.401 e. The molecule has 0 spiro atoms. The van der Waals surface area contributed by atoms with E-state index in [1.165, 1.54) is 16.8 Å². The van der Waals surface area contributed by atoms with Gasteiger partial charge >= 0.3 is 0 Å². The minimum absolute atomic E-state index is 0.00267. The molecule has 0 bridgehead atoms. The van der Waals surface area contributed by atoms with Crippen molar-refractivity contribution in [1.29, 1.82) is 0 Å². The fourth-order valence-corrected chi connectivity index (χ4v) is 7.96. The molecule has 4 N–H and O–H groups in total. The van der Waals surface area contributed by atoms with Crippen LogP contribution in [0.25, 0.3) is 27.8 Å². The fraction of sp³-hybridized carbons (Fsp3) is 0.438. The van der Waals surface area contributed by atoms with Gasteiger partial charge in [0.05, 0.1) is 28.0 Å². The van der Waals surface area contributed by atoms with Crippen LogP contribution in [0.2, 0.25) is 0 Å². The highest BCUT2D eigenvalue weighted by Crippen LogP contribution is 2.41. The fourth-order valence-electron chi connectivity index (χ4n) is 6.89. The summed E-state index contributed by atoms with van der Waals surface area (Å²) in [7, 11) is -1.28. The van der Waals surface area contributed by atoms with Crippen LogP contribution in [0.1, 0.15) is 49.8 Å². The molecule has 6 rings (SSSR count). The summed E-state index contributed by atoms with van der Waals surface area (Å²) in [6.07, 6.45) is 6.24. The zero-order chi connectivity index (χ0) is 30.3. The van der Waals surface area contributed by atoms with Crippen molar-refractivity contribution in [3.05, 3.63) is 71.6 Å². The van der Waals surface area contributed by atoms with Gasteiger partial charge in [-0.2, -0.15) is 0 Å². The number of anilines is 1. The van der Waals surface area contributed by atoms with Gasteiger partial charge in [-0.25, -0.2) is 19.2 Å². The van der Waals surface area contributed by atoms with Crippen molar-refractivity contribution < 1.29 is 13.2 Å². The Kier molecular flexibility index (Phi) is 8.06. The molecule has 0 aliphatic carbocycles. The molecule has 4 aromatic rings. The third-order valence-corrected chi connectivity index (χ3v) is 10.7. The Morgan fingerprint density at radius 2 is 1.77 bits per heavy atom. The number of sulfone groups is 1. The number of pyridine rings is 2. The second kappa shape index (κ2) is 11.8. The molecule has 2 saturated heterocycles. The molecule has 0 saturated carbocycles. The number of rotatable bonds is 7. The Morgan fingerprint density at radius 1 is 1.07 bits per heavy atom. The van der Waals surface area contributed by atoms with Gasteiger partial charge in [-0.15, -0.1) is 0 Å². The van der Waals surface area contributed by atoms with Crippen LogP contribution in [-0.4, -0.2) is 72.8 Å². The van der Waals surface area contributed by atoms with Gasteiger partial charge in [-0.1, -0.05) is 30.3 Å². The zero-order valence-corrected chi connectivity index (χ0v) is 25.9. The SMILES string of the molecule is C/C(N)=C(\c1cnc2c3ccc(N4CCC(S(C)(=O)=O)CC4)nc3n(C(c3ccccc3)C3CCOCC3)c2c1)N(C)N. The first-order valence-corrected chi connectivity index (χ1v) is 16.9. The number of hydrogen-bond acceptors (Lipinski definition) is 9. The van der Waals surface area contributed by atoms with Crippen molar-refractivity contribution in [1.82, 2.24) is 19.5 Å². The zero-order valence-electron chi connectivity index (χ0n) is 25.1. The summed E-state index contributed by atoms with van der Waals surface area (Å²) in [5.41, 5.74) is 12.4. The smallest absolute Gasteiger partial charge is 0.150 e. The summed E-state index contributed by atoms with van der Waals surface area (Å²) in [6, 6.07) is 16.9. The molecule has 2 aliphatic rings. The van der Waals surface area contributed by atoms with Crippen LogP contribution in [0.4, 0.5) is 5.82 Å². The van der Waals surface area contributed by atoms with E-state index < -0.39 is 9.84 Å². The van der Waals surface area contributed by atoms with Gasteiger partial charge in [0.1, 0.15) is 21.3 Å². The minimum atomic E-state index is -3.06. The molecule has 0 radical (unpaired) electrons. The van der Waals surface area contributed by atoms with Gasteiger partial charge in [0.2, 0.25) is 0 Å². The maximum absolute atomic E-state index is 12.2. The van der Waals surface area contributed by atoms with Crippen molar-refractivity contribution in [3.8, 4) is 0 Å². The van der Waals surface area contributed by atoms with Gasteiger partial charge < -0.3 is 24.9 Å². The lowest BCUT2D eigenvalue weighted by Gasteiger charge is -2.33. The molecule has 1 atom stereocenters. The number of fused-ring (bicyclic) bond motifs is 3. The predicted octanol–water partition coefficient (Wildman–Crippen LogP) is 4.07. The molecule has 2 fully saturated rings. The molecule has 228 valence electrons. The highest BCUT2D eigenvalue weighted by atomic mass is 32.2. The lowest BCUT2D eigenvalue weighted by Crippen LogP contribution is -2.39.